The van der Waals surface area contributed by atoms with E-state index in [0.717, 1.165) is 38.3 Å². The fourth-order valence-electron chi connectivity index (χ4n) is 3.82. The molecular weight excluding hydrogens is 443 g/mol. The van der Waals surface area contributed by atoms with E-state index in [9.17, 15) is 4.79 Å². The van der Waals surface area contributed by atoms with Gasteiger partial charge in [-0.2, -0.15) is 0 Å². The summed E-state index contributed by atoms with van der Waals surface area (Å²) in [6.07, 6.45) is 0. The van der Waals surface area contributed by atoms with Crippen LogP contribution in [0.4, 0.5) is 0 Å². The number of halogens is 2. The maximum atomic E-state index is 12.9. The summed E-state index contributed by atoms with van der Waals surface area (Å²) in [4.78, 5) is 17.3. The molecular formula is C26H26Cl2N2O2. The summed E-state index contributed by atoms with van der Waals surface area (Å²) in [7, 11) is 0. The molecule has 6 heteroatoms. The second-order valence-electron chi connectivity index (χ2n) is 8.06. The van der Waals surface area contributed by atoms with E-state index in [1.54, 1.807) is 18.2 Å². The Balaban J connectivity index is 1.29. The molecule has 3 aromatic carbocycles. The van der Waals surface area contributed by atoms with Gasteiger partial charge in [-0.15, -0.1) is 0 Å². The highest BCUT2D eigenvalue weighted by Crippen LogP contribution is 2.28. The summed E-state index contributed by atoms with van der Waals surface area (Å²) in [6, 6.07) is 21.2. The van der Waals surface area contributed by atoms with Crippen molar-refractivity contribution in [2.45, 2.75) is 20.1 Å². The van der Waals surface area contributed by atoms with E-state index in [0.29, 0.717) is 28.0 Å². The molecule has 1 aliphatic rings. The van der Waals surface area contributed by atoms with Gasteiger partial charge >= 0.3 is 0 Å². The van der Waals surface area contributed by atoms with Crippen LogP contribution < -0.4 is 4.74 Å². The lowest BCUT2D eigenvalue weighted by Gasteiger charge is -2.35. The number of hydrogen-bond acceptors (Lipinski definition) is 3. The van der Waals surface area contributed by atoms with Crippen molar-refractivity contribution in [3.05, 3.63) is 99.0 Å². The standard InChI is InChI=1S/C26H26Cl2N2O2/c1-19-4-2-3-5-22(19)17-29-12-14-30(15-13-29)26(31)21-8-6-20(7-9-21)18-32-25-11-10-23(27)16-24(25)28/h2-11,16H,12-15,17-18H2,1H3. The number of ether oxygens (including phenoxy) is 1. The van der Waals surface area contributed by atoms with Crippen molar-refractivity contribution >= 4 is 29.1 Å². The number of carbonyl (C=O) groups is 1. The Hall–Kier alpha value is -2.53. The summed E-state index contributed by atoms with van der Waals surface area (Å²) in [6.45, 7) is 6.69. The largest absolute Gasteiger partial charge is 0.487 e. The number of carbonyl (C=O) groups excluding carboxylic acids is 1. The molecule has 0 spiro atoms. The lowest BCUT2D eigenvalue weighted by molar-refractivity contribution is 0.0628. The Morgan fingerprint density at radius 3 is 2.34 bits per heavy atom. The number of hydrogen-bond donors (Lipinski definition) is 0. The first-order valence-electron chi connectivity index (χ1n) is 10.7. The Morgan fingerprint density at radius 2 is 1.66 bits per heavy atom. The molecule has 32 heavy (non-hydrogen) atoms. The summed E-state index contributed by atoms with van der Waals surface area (Å²) >= 11 is 12.1. The number of benzene rings is 3. The number of piperazine rings is 1. The van der Waals surface area contributed by atoms with Gasteiger partial charge in [0.25, 0.3) is 5.91 Å². The van der Waals surface area contributed by atoms with Gasteiger partial charge in [0.2, 0.25) is 0 Å². The molecule has 0 N–H and O–H groups in total. The topological polar surface area (TPSA) is 32.8 Å². The quantitative estimate of drug-likeness (QED) is 0.455. The summed E-state index contributed by atoms with van der Waals surface area (Å²) in [5, 5.41) is 1.05. The first-order valence-corrected chi connectivity index (χ1v) is 11.5. The minimum Gasteiger partial charge on any atom is -0.487 e. The molecule has 0 unspecified atom stereocenters. The van der Waals surface area contributed by atoms with Crippen molar-refractivity contribution in [2.24, 2.45) is 0 Å². The summed E-state index contributed by atoms with van der Waals surface area (Å²) in [5.41, 5.74) is 4.33. The van der Waals surface area contributed by atoms with Crippen LogP contribution in [0.2, 0.25) is 10.0 Å². The van der Waals surface area contributed by atoms with E-state index in [4.69, 9.17) is 27.9 Å². The molecule has 4 nitrogen and oxygen atoms in total. The summed E-state index contributed by atoms with van der Waals surface area (Å²) < 4.78 is 5.77. The molecule has 0 bridgehead atoms. The first-order chi connectivity index (χ1) is 15.5. The Morgan fingerprint density at radius 1 is 0.938 bits per heavy atom. The van der Waals surface area contributed by atoms with E-state index >= 15 is 0 Å². The zero-order valence-electron chi connectivity index (χ0n) is 18.1. The molecule has 1 amide bonds. The van der Waals surface area contributed by atoms with Crippen LogP contribution in [0, 0.1) is 6.92 Å². The maximum Gasteiger partial charge on any atom is 0.253 e. The number of aryl methyl sites for hydroxylation is 1. The third kappa shape index (κ3) is 5.63. The van der Waals surface area contributed by atoms with Crippen molar-refractivity contribution in [1.82, 2.24) is 9.80 Å². The van der Waals surface area contributed by atoms with Crippen LogP contribution in [-0.2, 0) is 13.2 Å². The van der Waals surface area contributed by atoms with Crippen LogP contribution in [0.25, 0.3) is 0 Å². The van der Waals surface area contributed by atoms with Crippen molar-refractivity contribution in [3.63, 3.8) is 0 Å². The van der Waals surface area contributed by atoms with Crippen LogP contribution >= 0.6 is 23.2 Å². The number of rotatable bonds is 6. The molecule has 166 valence electrons. The Bertz CT molecular complexity index is 1080. The van der Waals surface area contributed by atoms with Gasteiger partial charge < -0.3 is 9.64 Å². The Kier molecular flexibility index (Phi) is 7.36. The zero-order chi connectivity index (χ0) is 22.5. The third-order valence-electron chi connectivity index (χ3n) is 5.80. The minimum absolute atomic E-state index is 0.0776. The van der Waals surface area contributed by atoms with Crippen molar-refractivity contribution in [3.8, 4) is 5.75 Å². The van der Waals surface area contributed by atoms with E-state index in [2.05, 4.69) is 36.1 Å². The summed E-state index contributed by atoms with van der Waals surface area (Å²) in [5.74, 6) is 0.661. The molecule has 0 aliphatic carbocycles. The first kappa shape index (κ1) is 22.7. The molecule has 0 atom stereocenters. The van der Waals surface area contributed by atoms with E-state index in [1.165, 1.54) is 11.1 Å². The number of nitrogens with zero attached hydrogens (tertiary/aromatic N) is 2. The normalized spacial score (nSPS) is 14.4. The lowest BCUT2D eigenvalue weighted by atomic mass is 10.1. The van der Waals surface area contributed by atoms with E-state index in [-0.39, 0.29) is 5.91 Å². The highest BCUT2D eigenvalue weighted by Gasteiger charge is 2.22. The molecule has 0 saturated carbocycles. The average Bonchev–Trinajstić information content (AvgIpc) is 2.80. The van der Waals surface area contributed by atoms with E-state index < -0.39 is 0 Å². The highest BCUT2D eigenvalue weighted by atomic mass is 35.5. The second kappa shape index (κ2) is 10.4. The van der Waals surface area contributed by atoms with Gasteiger partial charge in [0.15, 0.2) is 0 Å². The molecule has 4 rings (SSSR count). The molecule has 1 saturated heterocycles. The third-order valence-corrected chi connectivity index (χ3v) is 6.33. The van der Waals surface area contributed by atoms with Gasteiger partial charge in [0.1, 0.15) is 12.4 Å². The SMILES string of the molecule is Cc1ccccc1CN1CCN(C(=O)c2ccc(COc3ccc(Cl)cc3Cl)cc2)CC1. The number of amides is 1. The monoisotopic (exact) mass is 468 g/mol. The predicted molar refractivity (Wildman–Crippen MR) is 130 cm³/mol. The van der Waals surface area contributed by atoms with Gasteiger partial charge in [0.05, 0.1) is 5.02 Å². The maximum absolute atomic E-state index is 12.9. The van der Waals surface area contributed by atoms with Gasteiger partial charge in [-0.25, -0.2) is 0 Å². The van der Waals surface area contributed by atoms with Gasteiger partial charge in [-0.05, 0) is 53.9 Å². The van der Waals surface area contributed by atoms with Crippen LogP contribution in [0.15, 0.2) is 66.7 Å². The molecule has 1 heterocycles. The fraction of sp³-hybridized carbons (Fsp3) is 0.269. The van der Waals surface area contributed by atoms with Crippen molar-refractivity contribution < 1.29 is 9.53 Å². The smallest absolute Gasteiger partial charge is 0.253 e. The van der Waals surface area contributed by atoms with Crippen LogP contribution in [-0.4, -0.2) is 41.9 Å². The molecule has 3 aromatic rings. The van der Waals surface area contributed by atoms with Crippen molar-refractivity contribution in [2.75, 3.05) is 26.2 Å². The van der Waals surface area contributed by atoms with Gasteiger partial charge in [-0.1, -0.05) is 59.6 Å². The predicted octanol–water partition coefficient (Wildman–Crippen LogP) is 5.84. The zero-order valence-corrected chi connectivity index (χ0v) is 19.6. The van der Waals surface area contributed by atoms with Crippen LogP contribution in [0.3, 0.4) is 0 Å². The highest BCUT2D eigenvalue weighted by molar-refractivity contribution is 6.35. The second-order valence-corrected chi connectivity index (χ2v) is 8.90. The van der Waals surface area contributed by atoms with Gasteiger partial charge in [0, 0.05) is 43.3 Å². The minimum atomic E-state index is 0.0776. The van der Waals surface area contributed by atoms with Crippen LogP contribution in [0.1, 0.15) is 27.0 Å². The van der Waals surface area contributed by atoms with E-state index in [1.807, 2.05) is 29.2 Å². The molecule has 0 radical (unpaired) electrons. The molecule has 1 fully saturated rings. The lowest BCUT2D eigenvalue weighted by Crippen LogP contribution is -2.48. The van der Waals surface area contributed by atoms with Crippen LogP contribution in [0.5, 0.6) is 5.75 Å². The van der Waals surface area contributed by atoms with Gasteiger partial charge in [-0.3, -0.25) is 9.69 Å². The van der Waals surface area contributed by atoms with Crippen molar-refractivity contribution in [1.29, 1.82) is 0 Å². The molecule has 1 aliphatic heterocycles. The fourth-order valence-corrected chi connectivity index (χ4v) is 4.28. The average molecular weight is 469 g/mol. The Labute approximate surface area is 199 Å². The molecule has 0 aromatic heterocycles.